The van der Waals surface area contributed by atoms with Crippen LogP contribution in [-0.4, -0.2) is 46.0 Å². The number of hydrogen-bond donors (Lipinski definition) is 1. The number of carbonyl (C=O) groups excluding carboxylic acids is 3. The molecule has 11 heteroatoms. The highest BCUT2D eigenvalue weighted by atomic mass is 19.1. The zero-order valence-corrected chi connectivity index (χ0v) is 18.4. The van der Waals surface area contributed by atoms with Crippen LogP contribution in [0.5, 0.6) is 11.5 Å². The van der Waals surface area contributed by atoms with Gasteiger partial charge in [-0.1, -0.05) is 12.6 Å². The smallest absolute Gasteiger partial charge is 0.333 e. The average Bonchev–Trinajstić information content (AvgIpc) is 2.79. The standard InChI is InChI=1S/C17H18FN3O6.C6H4O/c1-9(2)14(20-15(18)13(16(20)23)19-10(3)22)17(24)27-8-11-4-6-12(7-5-11)21(25)26;1-2-5-4-6(3-1)7-5/h4-7,13-15H,1,8H2,2-3H3,(H,19,22);1-4H. The van der Waals surface area contributed by atoms with Crippen molar-refractivity contribution in [3.05, 3.63) is 76.4 Å². The lowest BCUT2D eigenvalue weighted by Gasteiger charge is -2.45. The number of carbonyl (C=O) groups is 3. The molecule has 3 unspecified atom stereocenters. The second-order valence-corrected chi connectivity index (χ2v) is 7.65. The Morgan fingerprint density at radius 3 is 2.21 bits per heavy atom. The van der Waals surface area contributed by atoms with Crippen LogP contribution in [0.15, 0.2) is 60.7 Å². The van der Waals surface area contributed by atoms with Gasteiger partial charge in [0.05, 0.1) is 4.92 Å². The number of nitro benzene ring substituents is 1. The van der Waals surface area contributed by atoms with Gasteiger partial charge in [0, 0.05) is 25.1 Å². The Morgan fingerprint density at radius 2 is 1.82 bits per heavy atom. The summed E-state index contributed by atoms with van der Waals surface area (Å²) in [5, 5.41) is 12.8. The number of halogens is 1. The van der Waals surface area contributed by atoms with E-state index in [-0.39, 0.29) is 17.9 Å². The number of likely N-dealkylation sites (tertiary alicyclic amines) is 1. The van der Waals surface area contributed by atoms with Crippen molar-refractivity contribution in [3.63, 3.8) is 0 Å². The van der Waals surface area contributed by atoms with Crippen LogP contribution in [0.25, 0.3) is 0 Å². The quantitative estimate of drug-likeness (QED) is 0.140. The van der Waals surface area contributed by atoms with E-state index < -0.39 is 41.1 Å². The van der Waals surface area contributed by atoms with Crippen molar-refractivity contribution in [2.45, 2.75) is 38.8 Å². The fourth-order valence-electron chi connectivity index (χ4n) is 3.28. The molecule has 0 saturated carbocycles. The maximum Gasteiger partial charge on any atom is 0.333 e. The Labute approximate surface area is 194 Å². The maximum absolute atomic E-state index is 14.3. The highest BCUT2D eigenvalue weighted by molar-refractivity contribution is 5.96. The summed E-state index contributed by atoms with van der Waals surface area (Å²) in [4.78, 5) is 46.2. The van der Waals surface area contributed by atoms with Crippen LogP contribution in [0.2, 0.25) is 0 Å². The Hall–Kier alpha value is -4.28. The monoisotopic (exact) mass is 471 g/mol. The van der Waals surface area contributed by atoms with E-state index in [0.29, 0.717) is 10.5 Å². The SMILES string of the molecule is C=C(C)C(C(=O)OCc1ccc([N+](=O)[O-])cc1)N1C(=O)C(NC(C)=O)C1F.c1cc2cc(c1)O2. The minimum atomic E-state index is -1.88. The summed E-state index contributed by atoms with van der Waals surface area (Å²) < 4.78 is 24.4. The topological polar surface area (TPSA) is 128 Å². The molecule has 0 radical (unpaired) electrons. The summed E-state index contributed by atoms with van der Waals surface area (Å²) in [7, 11) is 0. The number of ether oxygens (including phenoxy) is 2. The normalized spacial score (nSPS) is 18.1. The molecule has 3 heterocycles. The molecule has 0 aliphatic carbocycles. The Bertz CT molecular complexity index is 1110. The third-order valence-electron chi connectivity index (χ3n) is 4.96. The van der Waals surface area contributed by atoms with Crippen LogP contribution in [0.4, 0.5) is 10.1 Å². The number of non-ortho nitro benzene ring substituents is 1. The van der Waals surface area contributed by atoms with Gasteiger partial charge in [0.15, 0.2) is 12.1 Å². The van der Waals surface area contributed by atoms with Crippen molar-refractivity contribution in [1.82, 2.24) is 10.2 Å². The molecule has 5 rings (SSSR count). The zero-order chi connectivity index (χ0) is 25.0. The summed E-state index contributed by atoms with van der Waals surface area (Å²) >= 11 is 0. The Balaban J connectivity index is 0.000000387. The molecule has 0 aromatic heterocycles. The highest BCUT2D eigenvalue weighted by Gasteiger charge is 2.54. The van der Waals surface area contributed by atoms with Gasteiger partial charge in [0.2, 0.25) is 12.2 Å². The van der Waals surface area contributed by atoms with E-state index in [1.807, 2.05) is 24.3 Å². The van der Waals surface area contributed by atoms with Gasteiger partial charge < -0.3 is 14.8 Å². The molecule has 0 spiro atoms. The van der Waals surface area contributed by atoms with Gasteiger partial charge in [-0.15, -0.1) is 0 Å². The molecule has 1 N–H and O–H groups in total. The van der Waals surface area contributed by atoms with E-state index in [9.17, 15) is 28.9 Å². The number of amides is 2. The molecular formula is C23H22FN3O7. The molecule has 3 aliphatic rings. The molecule has 178 valence electrons. The number of benzene rings is 2. The van der Waals surface area contributed by atoms with E-state index in [1.54, 1.807) is 0 Å². The van der Waals surface area contributed by atoms with Gasteiger partial charge in [0.25, 0.3) is 11.6 Å². The van der Waals surface area contributed by atoms with Crippen LogP contribution in [-0.2, 0) is 25.7 Å². The zero-order valence-electron chi connectivity index (χ0n) is 18.4. The van der Waals surface area contributed by atoms with E-state index >= 15 is 0 Å². The third-order valence-corrected chi connectivity index (χ3v) is 4.96. The summed E-state index contributed by atoms with van der Waals surface area (Å²) in [5.74, 6) is -0.241. The van der Waals surface area contributed by atoms with E-state index in [2.05, 4.69) is 11.9 Å². The number of nitro groups is 1. The maximum atomic E-state index is 14.3. The lowest BCUT2D eigenvalue weighted by Crippen LogP contribution is -2.72. The predicted molar refractivity (Wildman–Crippen MR) is 117 cm³/mol. The van der Waals surface area contributed by atoms with E-state index in [4.69, 9.17) is 9.47 Å². The molecule has 3 atom stereocenters. The summed E-state index contributed by atoms with van der Waals surface area (Å²) in [6.07, 6.45) is -1.88. The van der Waals surface area contributed by atoms with Crippen LogP contribution in [0.3, 0.4) is 0 Å². The van der Waals surface area contributed by atoms with Crippen LogP contribution >= 0.6 is 0 Å². The minimum Gasteiger partial charge on any atom is -0.459 e. The number of hydrogen-bond acceptors (Lipinski definition) is 7. The largest absolute Gasteiger partial charge is 0.459 e. The molecule has 2 bridgehead atoms. The third kappa shape index (κ3) is 5.37. The lowest BCUT2D eigenvalue weighted by molar-refractivity contribution is -0.384. The molecule has 2 aromatic rings. The van der Waals surface area contributed by atoms with E-state index in [0.717, 1.165) is 18.4 Å². The number of fused-ring (bicyclic) bond motifs is 2. The summed E-state index contributed by atoms with van der Waals surface area (Å²) in [6.45, 7) is 5.98. The fourth-order valence-corrected chi connectivity index (χ4v) is 3.28. The Morgan fingerprint density at radius 1 is 1.24 bits per heavy atom. The van der Waals surface area contributed by atoms with Crippen molar-refractivity contribution in [2.24, 2.45) is 0 Å². The van der Waals surface area contributed by atoms with Crippen molar-refractivity contribution in [1.29, 1.82) is 0 Å². The summed E-state index contributed by atoms with van der Waals surface area (Å²) in [6, 6.07) is 10.5. The summed E-state index contributed by atoms with van der Waals surface area (Å²) in [5.41, 5.74) is 0.568. The lowest BCUT2D eigenvalue weighted by atomic mass is 9.98. The van der Waals surface area contributed by atoms with Gasteiger partial charge in [-0.2, -0.15) is 0 Å². The molecule has 1 fully saturated rings. The molecule has 10 nitrogen and oxygen atoms in total. The van der Waals surface area contributed by atoms with Crippen molar-refractivity contribution >= 4 is 23.5 Å². The van der Waals surface area contributed by atoms with Crippen molar-refractivity contribution in [2.75, 3.05) is 0 Å². The first kappa shape index (κ1) is 24.4. The molecule has 34 heavy (non-hydrogen) atoms. The number of rotatable bonds is 7. The fraction of sp³-hybridized carbons (Fsp3) is 0.261. The molecule has 1 saturated heterocycles. The second kappa shape index (κ2) is 10.1. The van der Waals surface area contributed by atoms with Crippen LogP contribution < -0.4 is 10.1 Å². The number of nitrogens with one attached hydrogen (secondary N) is 1. The second-order valence-electron chi connectivity index (χ2n) is 7.65. The predicted octanol–water partition coefficient (Wildman–Crippen LogP) is 3.02. The molecule has 2 amide bonds. The van der Waals surface area contributed by atoms with Crippen molar-refractivity contribution in [3.8, 4) is 11.5 Å². The van der Waals surface area contributed by atoms with Crippen LogP contribution in [0, 0.1) is 10.1 Å². The first-order valence-electron chi connectivity index (χ1n) is 10.1. The average molecular weight is 471 g/mol. The number of β-lactam (4-membered cyclic amide) rings is 1. The van der Waals surface area contributed by atoms with Gasteiger partial charge >= 0.3 is 5.97 Å². The Kier molecular flexibility index (Phi) is 7.24. The minimum absolute atomic E-state index is 0.111. The van der Waals surface area contributed by atoms with Gasteiger partial charge in [-0.25, -0.2) is 9.18 Å². The van der Waals surface area contributed by atoms with Crippen LogP contribution in [0.1, 0.15) is 19.4 Å². The number of nitrogens with zero attached hydrogens (tertiary/aromatic N) is 2. The van der Waals surface area contributed by atoms with E-state index in [1.165, 1.54) is 31.2 Å². The van der Waals surface area contributed by atoms with Gasteiger partial charge in [0.1, 0.15) is 18.1 Å². The molecule has 2 aromatic carbocycles. The first-order chi connectivity index (χ1) is 16.1. The first-order valence-corrected chi connectivity index (χ1v) is 10.1. The van der Waals surface area contributed by atoms with Gasteiger partial charge in [-0.3, -0.25) is 24.6 Å². The number of alkyl halides is 1. The molecular weight excluding hydrogens is 449 g/mol. The number of esters is 1. The van der Waals surface area contributed by atoms with Crippen molar-refractivity contribution < 1.29 is 33.2 Å². The highest BCUT2D eigenvalue weighted by Crippen LogP contribution is 2.33. The van der Waals surface area contributed by atoms with Gasteiger partial charge in [-0.05, 0) is 42.3 Å². The molecule has 3 aliphatic heterocycles.